The van der Waals surface area contributed by atoms with Gasteiger partial charge in [0.15, 0.2) is 0 Å². The fraction of sp³-hybridized carbons (Fsp3) is 0.316. The van der Waals surface area contributed by atoms with Crippen LogP contribution in [0.15, 0.2) is 58.3 Å². The van der Waals surface area contributed by atoms with Gasteiger partial charge in [0.05, 0.1) is 11.3 Å². The van der Waals surface area contributed by atoms with Crippen LogP contribution in [0.4, 0.5) is 5.69 Å². The van der Waals surface area contributed by atoms with E-state index in [1.54, 1.807) is 0 Å². The molecule has 0 aliphatic rings. The molecule has 25 heavy (non-hydrogen) atoms. The molecule has 0 amide bonds. The Balaban J connectivity index is 2.08. The normalized spacial score (nSPS) is 12.0. The first kappa shape index (κ1) is 19.7. The van der Waals surface area contributed by atoms with E-state index in [1.165, 1.54) is 4.90 Å². The van der Waals surface area contributed by atoms with Crippen molar-refractivity contribution in [1.82, 2.24) is 4.90 Å². The summed E-state index contributed by atoms with van der Waals surface area (Å²) in [6.07, 6.45) is 1.01. The van der Waals surface area contributed by atoms with Gasteiger partial charge in [0.2, 0.25) is 0 Å². The van der Waals surface area contributed by atoms with E-state index < -0.39 is 0 Å². The molecule has 0 aliphatic carbocycles. The van der Waals surface area contributed by atoms with E-state index in [9.17, 15) is 5.26 Å². The number of nitrogens with two attached hydrogens (primary N) is 1. The van der Waals surface area contributed by atoms with Crippen LogP contribution in [-0.2, 0) is 0 Å². The molecule has 0 aliphatic heterocycles. The minimum Gasteiger partial charge on any atom is -0.380 e. The molecule has 6 heteroatoms. The highest BCUT2D eigenvalue weighted by molar-refractivity contribution is 7.99. The van der Waals surface area contributed by atoms with Crippen LogP contribution in [0.25, 0.3) is 0 Å². The average Bonchev–Trinajstić information content (AvgIpc) is 2.64. The van der Waals surface area contributed by atoms with Crippen LogP contribution in [0.1, 0.15) is 12.0 Å². The second kappa shape index (κ2) is 10.4. The highest BCUT2D eigenvalue weighted by atomic mass is 32.2. The number of rotatable bonds is 9. The molecule has 0 radical (unpaired) electrons. The first-order valence-electron chi connectivity index (χ1n) is 8.12. The predicted molar refractivity (Wildman–Crippen MR) is 109 cm³/mol. The van der Waals surface area contributed by atoms with Gasteiger partial charge in [-0.3, -0.25) is 5.14 Å². The van der Waals surface area contributed by atoms with Crippen molar-refractivity contribution in [2.45, 2.75) is 22.3 Å². The van der Waals surface area contributed by atoms with E-state index in [2.05, 4.69) is 54.6 Å². The maximum absolute atomic E-state index is 9.42. The minimum absolute atomic E-state index is 0.274. The maximum Gasteiger partial charge on any atom is 0.101 e. The highest BCUT2D eigenvalue weighted by Crippen LogP contribution is 2.25. The SMILES string of the molecule is CN(C)CC[C@H](CSc1ccccc1)Nc1ccc(SN)cc1C#N. The molecule has 2 aromatic carbocycles. The maximum atomic E-state index is 9.42. The zero-order chi connectivity index (χ0) is 18.1. The molecule has 0 unspecified atom stereocenters. The molecule has 132 valence electrons. The molecule has 0 saturated heterocycles. The lowest BCUT2D eigenvalue weighted by molar-refractivity contribution is 0.391. The van der Waals surface area contributed by atoms with Gasteiger partial charge in [0.1, 0.15) is 6.07 Å². The number of hydrogen-bond donors (Lipinski definition) is 2. The molecule has 0 fully saturated rings. The van der Waals surface area contributed by atoms with E-state index in [4.69, 9.17) is 5.14 Å². The summed E-state index contributed by atoms with van der Waals surface area (Å²) in [6.45, 7) is 0.992. The third kappa shape index (κ3) is 6.63. The van der Waals surface area contributed by atoms with Crippen molar-refractivity contribution in [3.8, 4) is 6.07 Å². The molecule has 0 saturated carbocycles. The molecular formula is C19H24N4S2. The number of nitrogens with one attached hydrogen (secondary N) is 1. The highest BCUT2D eigenvalue weighted by Gasteiger charge is 2.13. The van der Waals surface area contributed by atoms with Crippen LogP contribution in [0.2, 0.25) is 0 Å². The molecule has 0 bridgehead atoms. The standard InChI is InChI=1S/C19H24N4S2/c1-23(2)11-10-16(14-24-17-6-4-3-5-7-17)22-19-9-8-18(25-21)12-15(19)13-20/h3-9,12,16,22H,10-11,14,21H2,1-2H3/t16-/m1/s1. The van der Waals surface area contributed by atoms with Crippen molar-refractivity contribution in [1.29, 1.82) is 5.26 Å². The molecule has 0 spiro atoms. The van der Waals surface area contributed by atoms with Crippen LogP contribution < -0.4 is 10.5 Å². The molecule has 1 atom stereocenters. The largest absolute Gasteiger partial charge is 0.380 e. The zero-order valence-electron chi connectivity index (χ0n) is 14.6. The quantitative estimate of drug-likeness (QED) is 0.511. The minimum atomic E-state index is 0.274. The lowest BCUT2D eigenvalue weighted by atomic mass is 10.1. The third-order valence-corrected chi connectivity index (χ3v) is 5.43. The van der Waals surface area contributed by atoms with Crippen LogP contribution >= 0.6 is 23.7 Å². The number of benzene rings is 2. The molecule has 0 aromatic heterocycles. The zero-order valence-corrected chi connectivity index (χ0v) is 16.2. The second-order valence-electron chi connectivity index (χ2n) is 5.99. The molecule has 2 aromatic rings. The Morgan fingerprint density at radius 1 is 1.16 bits per heavy atom. The second-order valence-corrected chi connectivity index (χ2v) is 7.79. The number of anilines is 1. The molecule has 4 nitrogen and oxygen atoms in total. The Bertz CT molecular complexity index is 698. The first-order valence-corrected chi connectivity index (χ1v) is 9.99. The van der Waals surface area contributed by atoms with Gasteiger partial charge < -0.3 is 10.2 Å². The first-order chi connectivity index (χ1) is 12.1. The monoisotopic (exact) mass is 372 g/mol. The predicted octanol–water partition coefficient (Wildman–Crippen LogP) is 4.05. The molecule has 3 N–H and O–H groups in total. The van der Waals surface area contributed by atoms with Gasteiger partial charge >= 0.3 is 0 Å². The Labute approximate surface area is 158 Å². The lowest BCUT2D eigenvalue weighted by Crippen LogP contribution is -2.28. The van der Waals surface area contributed by atoms with Crippen LogP contribution in [0.5, 0.6) is 0 Å². The van der Waals surface area contributed by atoms with Crippen molar-refractivity contribution in [2.75, 3.05) is 31.7 Å². The number of nitriles is 1. The van der Waals surface area contributed by atoms with Crippen molar-refractivity contribution >= 4 is 29.4 Å². The lowest BCUT2D eigenvalue weighted by Gasteiger charge is -2.22. The van der Waals surface area contributed by atoms with E-state index in [-0.39, 0.29) is 6.04 Å². The Kier molecular flexibility index (Phi) is 8.16. The van der Waals surface area contributed by atoms with Gasteiger partial charge in [-0.05, 0) is 69.3 Å². The molecule has 2 rings (SSSR count). The Morgan fingerprint density at radius 2 is 1.92 bits per heavy atom. The van der Waals surface area contributed by atoms with Crippen molar-refractivity contribution in [2.24, 2.45) is 5.14 Å². The van der Waals surface area contributed by atoms with Crippen LogP contribution in [-0.4, -0.2) is 37.3 Å². The van der Waals surface area contributed by atoms with Gasteiger partial charge in [0, 0.05) is 21.6 Å². The summed E-state index contributed by atoms with van der Waals surface area (Å²) < 4.78 is 0. The summed E-state index contributed by atoms with van der Waals surface area (Å²) in [5.41, 5.74) is 1.51. The summed E-state index contributed by atoms with van der Waals surface area (Å²) in [7, 11) is 4.16. The Hall–Kier alpha value is -1.65. The number of hydrogen-bond acceptors (Lipinski definition) is 6. The average molecular weight is 373 g/mol. The van der Waals surface area contributed by atoms with Gasteiger partial charge in [-0.25, -0.2) is 0 Å². The summed E-state index contributed by atoms with van der Waals surface area (Å²) >= 11 is 2.99. The smallest absolute Gasteiger partial charge is 0.101 e. The van der Waals surface area contributed by atoms with Crippen LogP contribution in [0.3, 0.4) is 0 Å². The fourth-order valence-corrected chi connectivity index (χ4v) is 3.69. The third-order valence-electron chi connectivity index (χ3n) is 3.73. The number of nitrogens with zero attached hydrogens (tertiary/aromatic N) is 2. The summed E-state index contributed by atoms with van der Waals surface area (Å²) in [5, 5.41) is 18.6. The molecular weight excluding hydrogens is 348 g/mol. The summed E-state index contributed by atoms with van der Waals surface area (Å²) in [4.78, 5) is 4.33. The number of thioether (sulfide) groups is 1. The topological polar surface area (TPSA) is 65.1 Å². The fourth-order valence-electron chi connectivity index (χ4n) is 2.36. The van der Waals surface area contributed by atoms with Gasteiger partial charge in [0.25, 0.3) is 0 Å². The summed E-state index contributed by atoms with van der Waals surface area (Å²) in [6, 6.07) is 18.7. The van der Waals surface area contributed by atoms with Crippen molar-refractivity contribution < 1.29 is 0 Å². The van der Waals surface area contributed by atoms with E-state index >= 15 is 0 Å². The van der Waals surface area contributed by atoms with E-state index in [1.807, 2.05) is 36.0 Å². The van der Waals surface area contributed by atoms with E-state index in [0.717, 1.165) is 41.2 Å². The summed E-state index contributed by atoms with van der Waals surface area (Å²) in [5.74, 6) is 0.941. The Morgan fingerprint density at radius 3 is 2.56 bits per heavy atom. The van der Waals surface area contributed by atoms with Gasteiger partial charge in [-0.15, -0.1) is 11.8 Å². The van der Waals surface area contributed by atoms with Crippen molar-refractivity contribution in [3.05, 3.63) is 54.1 Å². The van der Waals surface area contributed by atoms with Gasteiger partial charge in [-0.2, -0.15) is 5.26 Å². The molecule has 0 heterocycles. The van der Waals surface area contributed by atoms with Crippen molar-refractivity contribution in [3.63, 3.8) is 0 Å². The van der Waals surface area contributed by atoms with Crippen LogP contribution in [0, 0.1) is 11.3 Å². The van der Waals surface area contributed by atoms with Gasteiger partial charge in [-0.1, -0.05) is 18.2 Å². The van der Waals surface area contributed by atoms with E-state index in [0.29, 0.717) is 5.56 Å².